The molecule has 0 aliphatic carbocycles. The van der Waals surface area contributed by atoms with Gasteiger partial charge in [-0.2, -0.15) is 0 Å². The Kier molecular flexibility index (Phi) is 4.74. The summed E-state index contributed by atoms with van der Waals surface area (Å²) in [5.74, 6) is -0.259. The van der Waals surface area contributed by atoms with E-state index >= 15 is 0 Å². The van der Waals surface area contributed by atoms with Gasteiger partial charge in [0.15, 0.2) is 0 Å². The number of para-hydroxylation sites is 1. The minimum atomic E-state index is -0.629. The molecule has 2 rings (SSSR count). The average molecular weight is 273 g/mol. The number of hydrogen-bond acceptors (Lipinski definition) is 2. The van der Waals surface area contributed by atoms with Crippen LogP contribution in [-0.4, -0.2) is 18.2 Å². The molecule has 0 aliphatic heterocycles. The van der Waals surface area contributed by atoms with Crippen LogP contribution >= 0.6 is 0 Å². The van der Waals surface area contributed by atoms with Gasteiger partial charge in [-0.1, -0.05) is 42.0 Å². The first-order valence-corrected chi connectivity index (χ1v) is 6.86. The van der Waals surface area contributed by atoms with Crippen LogP contribution in [0.15, 0.2) is 48.5 Å². The third-order valence-corrected chi connectivity index (χ3v) is 3.43. The van der Waals surface area contributed by atoms with E-state index in [9.17, 15) is 9.50 Å². The van der Waals surface area contributed by atoms with Crippen molar-refractivity contribution in [3.8, 4) is 0 Å². The molecular weight excluding hydrogens is 253 g/mol. The Morgan fingerprint density at radius 3 is 2.35 bits per heavy atom. The number of hydrogen-bond donors (Lipinski definition) is 1. The fourth-order valence-electron chi connectivity index (χ4n) is 2.21. The number of likely N-dealkylation sites (N-methyl/N-ethyl adjacent to an activating group) is 1. The topological polar surface area (TPSA) is 23.5 Å². The molecule has 0 heterocycles. The first-order valence-electron chi connectivity index (χ1n) is 6.86. The molecule has 1 N–H and O–H groups in total. The molecule has 1 atom stereocenters. The van der Waals surface area contributed by atoms with Crippen LogP contribution in [0.3, 0.4) is 0 Å². The number of benzene rings is 2. The average Bonchev–Trinajstić information content (AvgIpc) is 2.46. The molecule has 0 fully saturated rings. The van der Waals surface area contributed by atoms with E-state index in [2.05, 4.69) is 0 Å². The van der Waals surface area contributed by atoms with Crippen LogP contribution in [-0.2, 0) is 0 Å². The highest BCUT2D eigenvalue weighted by Crippen LogP contribution is 2.22. The van der Waals surface area contributed by atoms with Gasteiger partial charge >= 0.3 is 0 Å². The summed E-state index contributed by atoms with van der Waals surface area (Å²) < 4.78 is 13.8. The van der Waals surface area contributed by atoms with Crippen LogP contribution in [0.5, 0.6) is 0 Å². The van der Waals surface area contributed by atoms with E-state index in [-0.39, 0.29) is 5.82 Å². The number of aryl methyl sites for hydroxylation is 1. The first kappa shape index (κ1) is 14.5. The summed E-state index contributed by atoms with van der Waals surface area (Å²) in [6, 6.07) is 14.4. The number of aliphatic hydroxyl groups is 1. The summed E-state index contributed by atoms with van der Waals surface area (Å²) in [4.78, 5) is 1.85. The van der Waals surface area contributed by atoms with E-state index in [1.54, 1.807) is 18.2 Å². The predicted octanol–water partition coefficient (Wildman–Crippen LogP) is 3.69. The largest absolute Gasteiger partial charge is 0.387 e. The Bertz CT molecular complexity index is 553. The van der Waals surface area contributed by atoms with Crippen molar-refractivity contribution in [2.45, 2.75) is 20.0 Å². The van der Waals surface area contributed by atoms with Crippen molar-refractivity contribution in [1.82, 2.24) is 0 Å². The fraction of sp³-hybridized carbons (Fsp3) is 0.294. The zero-order chi connectivity index (χ0) is 14.5. The van der Waals surface area contributed by atoms with E-state index in [0.717, 1.165) is 11.1 Å². The second-order valence-corrected chi connectivity index (χ2v) is 4.92. The molecule has 2 aromatic rings. The zero-order valence-electron chi connectivity index (χ0n) is 11.9. The second kappa shape index (κ2) is 6.53. The van der Waals surface area contributed by atoms with Crippen molar-refractivity contribution in [3.05, 3.63) is 65.5 Å². The summed E-state index contributed by atoms with van der Waals surface area (Å²) in [6.45, 7) is 4.98. The highest BCUT2D eigenvalue weighted by atomic mass is 19.1. The Balaban J connectivity index is 2.14. The van der Waals surface area contributed by atoms with Crippen molar-refractivity contribution in [3.63, 3.8) is 0 Å². The molecule has 0 saturated heterocycles. The van der Waals surface area contributed by atoms with E-state index in [1.165, 1.54) is 6.07 Å². The van der Waals surface area contributed by atoms with Crippen LogP contribution in [0.25, 0.3) is 0 Å². The highest BCUT2D eigenvalue weighted by Gasteiger charge is 2.15. The van der Waals surface area contributed by atoms with Gasteiger partial charge < -0.3 is 10.0 Å². The molecule has 0 spiro atoms. The lowest BCUT2D eigenvalue weighted by molar-refractivity contribution is 0.183. The van der Waals surface area contributed by atoms with Gasteiger partial charge in [0.2, 0.25) is 0 Å². The third kappa shape index (κ3) is 3.36. The van der Waals surface area contributed by atoms with Gasteiger partial charge in [-0.3, -0.25) is 0 Å². The maximum Gasteiger partial charge on any atom is 0.146 e. The van der Waals surface area contributed by atoms with Gasteiger partial charge in [0.05, 0.1) is 11.8 Å². The molecule has 2 nitrogen and oxygen atoms in total. The molecule has 0 aliphatic rings. The lowest BCUT2D eigenvalue weighted by Crippen LogP contribution is -2.29. The second-order valence-electron chi connectivity index (χ2n) is 4.92. The Hall–Kier alpha value is -1.87. The number of halogens is 1. The summed E-state index contributed by atoms with van der Waals surface area (Å²) in [5, 5.41) is 10.3. The molecule has 2 aromatic carbocycles. The normalized spacial score (nSPS) is 12.2. The SMILES string of the molecule is CCN(CC(O)c1ccc(C)cc1)c1ccccc1F. The van der Waals surface area contributed by atoms with E-state index < -0.39 is 6.10 Å². The third-order valence-electron chi connectivity index (χ3n) is 3.43. The molecule has 0 aromatic heterocycles. The molecule has 0 saturated carbocycles. The maximum absolute atomic E-state index is 13.8. The summed E-state index contributed by atoms with van der Waals surface area (Å²) in [6.07, 6.45) is -0.629. The quantitative estimate of drug-likeness (QED) is 0.898. The van der Waals surface area contributed by atoms with Crippen molar-refractivity contribution in [1.29, 1.82) is 0 Å². The van der Waals surface area contributed by atoms with E-state index in [1.807, 2.05) is 43.0 Å². The predicted molar refractivity (Wildman–Crippen MR) is 80.4 cm³/mol. The number of nitrogens with zero attached hydrogens (tertiary/aromatic N) is 1. The number of anilines is 1. The summed E-state index contributed by atoms with van der Waals surface area (Å²) in [7, 11) is 0. The summed E-state index contributed by atoms with van der Waals surface area (Å²) >= 11 is 0. The van der Waals surface area contributed by atoms with Gasteiger partial charge in [-0.25, -0.2) is 4.39 Å². The lowest BCUT2D eigenvalue weighted by atomic mass is 10.1. The fourth-order valence-corrected chi connectivity index (χ4v) is 2.21. The standard InChI is InChI=1S/C17H20FNO/c1-3-19(16-7-5-4-6-15(16)18)12-17(20)14-10-8-13(2)9-11-14/h4-11,17,20H,3,12H2,1-2H3. The Morgan fingerprint density at radius 1 is 1.10 bits per heavy atom. The van der Waals surface area contributed by atoms with Crippen molar-refractivity contribution in [2.24, 2.45) is 0 Å². The number of aliphatic hydroxyl groups excluding tert-OH is 1. The lowest BCUT2D eigenvalue weighted by Gasteiger charge is -2.26. The number of rotatable bonds is 5. The van der Waals surface area contributed by atoms with Gasteiger partial charge in [0.25, 0.3) is 0 Å². The monoisotopic (exact) mass is 273 g/mol. The van der Waals surface area contributed by atoms with Gasteiger partial charge in [0, 0.05) is 13.1 Å². The van der Waals surface area contributed by atoms with Gasteiger partial charge in [-0.15, -0.1) is 0 Å². The van der Waals surface area contributed by atoms with Gasteiger partial charge in [-0.05, 0) is 31.5 Å². The van der Waals surface area contributed by atoms with Gasteiger partial charge in [0.1, 0.15) is 5.82 Å². The van der Waals surface area contributed by atoms with E-state index in [0.29, 0.717) is 18.8 Å². The molecule has 0 radical (unpaired) electrons. The first-order chi connectivity index (χ1) is 9.61. The smallest absolute Gasteiger partial charge is 0.146 e. The molecule has 0 bridgehead atoms. The van der Waals surface area contributed by atoms with Crippen molar-refractivity contribution < 1.29 is 9.50 Å². The summed E-state index contributed by atoms with van der Waals surface area (Å²) in [5.41, 5.74) is 2.54. The van der Waals surface area contributed by atoms with Crippen molar-refractivity contribution >= 4 is 5.69 Å². The molecule has 1 unspecified atom stereocenters. The Labute approximate surface area is 119 Å². The van der Waals surface area contributed by atoms with Crippen LogP contribution in [0.1, 0.15) is 24.2 Å². The van der Waals surface area contributed by atoms with Crippen molar-refractivity contribution in [2.75, 3.05) is 18.0 Å². The molecule has 20 heavy (non-hydrogen) atoms. The molecular formula is C17H20FNO. The minimum Gasteiger partial charge on any atom is -0.387 e. The van der Waals surface area contributed by atoms with E-state index in [4.69, 9.17) is 0 Å². The maximum atomic E-state index is 13.8. The van der Waals surface area contributed by atoms with Crippen LogP contribution in [0, 0.1) is 12.7 Å². The molecule has 3 heteroatoms. The molecule has 0 amide bonds. The zero-order valence-corrected chi connectivity index (χ0v) is 11.9. The minimum absolute atomic E-state index is 0.259. The van der Waals surface area contributed by atoms with Crippen LogP contribution < -0.4 is 4.90 Å². The van der Waals surface area contributed by atoms with Crippen LogP contribution in [0.4, 0.5) is 10.1 Å². The van der Waals surface area contributed by atoms with Crippen LogP contribution in [0.2, 0.25) is 0 Å². The highest BCUT2D eigenvalue weighted by molar-refractivity contribution is 5.47. The molecule has 106 valence electrons. The Morgan fingerprint density at radius 2 is 1.75 bits per heavy atom.